The molecule has 1 N–H and O–H groups in total. The average molecular weight is 329 g/mol. The van der Waals surface area contributed by atoms with E-state index in [0.29, 0.717) is 18.8 Å². The van der Waals surface area contributed by atoms with Crippen molar-refractivity contribution >= 4 is 23.1 Å². The molecule has 0 bridgehead atoms. The van der Waals surface area contributed by atoms with E-state index < -0.39 is 10.5 Å². The zero-order chi connectivity index (χ0) is 16.2. The van der Waals surface area contributed by atoms with Crippen molar-refractivity contribution in [3.05, 3.63) is 33.9 Å². The van der Waals surface area contributed by atoms with Crippen LogP contribution in [0.25, 0.3) is 0 Å². The van der Waals surface area contributed by atoms with E-state index in [9.17, 15) is 10.1 Å². The Labute approximate surface area is 132 Å². The number of hydrogen-bond acceptors (Lipinski definition) is 7. The van der Waals surface area contributed by atoms with Crippen LogP contribution in [0.15, 0.2) is 18.5 Å². The molecule has 1 atom stereocenters. The van der Waals surface area contributed by atoms with Crippen LogP contribution >= 0.6 is 11.6 Å². The Bertz CT molecular complexity index is 573. The maximum atomic E-state index is 11.1. The maximum Gasteiger partial charge on any atom is 0.329 e. The Hall–Kier alpha value is -1.93. The van der Waals surface area contributed by atoms with E-state index in [2.05, 4.69) is 21.9 Å². The van der Waals surface area contributed by atoms with Crippen molar-refractivity contribution in [1.29, 1.82) is 0 Å². The first-order chi connectivity index (χ1) is 10.5. The van der Waals surface area contributed by atoms with Crippen molar-refractivity contribution in [3.63, 3.8) is 0 Å². The van der Waals surface area contributed by atoms with E-state index in [1.54, 1.807) is 0 Å². The summed E-state index contributed by atoms with van der Waals surface area (Å²) in [6.07, 6.45) is 3.48. The molecule has 1 unspecified atom stereocenters. The first-order valence-corrected chi connectivity index (χ1v) is 7.12. The van der Waals surface area contributed by atoms with Crippen molar-refractivity contribution in [2.24, 2.45) is 0 Å². The maximum absolute atomic E-state index is 11.1. The van der Waals surface area contributed by atoms with E-state index in [-0.39, 0.29) is 23.4 Å². The summed E-state index contributed by atoms with van der Waals surface area (Å²) in [6.45, 7) is 4.79. The number of nitro groups is 1. The lowest BCUT2D eigenvalue weighted by molar-refractivity contribution is -0.384. The molecule has 2 heterocycles. The first-order valence-electron chi connectivity index (χ1n) is 6.75. The molecular weight excluding hydrogens is 312 g/mol. The summed E-state index contributed by atoms with van der Waals surface area (Å²) >= 11 is 5.76. The number of ether oxygens (including phenoxy) is 2. The minimum absolute atomic E-state index is 0.0219. The van der Waals surface area contributed by atoms with E-state index in [1.165, 1.54) is 7.11 Å². The molecule has 0 spiro atoms. The average Bonchev–Trinajstić information content (AvgIpc) is 2.72. The number of methoxy groups -OCH3 is 1. The topological polar surface area (TPSA) is 99.4 Å². The van der Waals surface area contributed by atoms with E-state index in [4.69, 9.17) is 21.1 Å². The molecule has 9 heteroatoms. The zero-order valence-corrected chi connectivity index (χ0v) is 12.9. The third kappa shape index (κ3) is 3.45. The third-order valence-electron chi connectivity index (χ3n) is 3.57. The van der Waals surface area contributed by atoms with Crippen LogP contribution in [0.3, 0.4) is 0 Å². The molecular formula is C13H17ClN4O4. The van der Waals surface area contributed by atoms with Crippen LogP contribution in [0.1, 0.15) is 19.3 Å². The Balaban J connectivity index is 2.40. The molecule has 120 valence electrons. The molecule has 0 aromatic carbocycles. The predicted molar refractivity (Wildman–Crippen MR) is 80.9 cm³/mol. The molecule has 22 heavy (non-hydrogen) atoms. The second-order valence-corrected chi connectivity index (χ2v) is 5.31. The highest BCUT2D eigenvalue weighted by Gasteiger charge is 2.38. The highest BCUT2D eigenvalue weighted by atomic mass is 35.5. The van der Waals surface area contributed by atoms with Gasteiger partial charge in [0.25, 0.3) is 0 Å². The molecule has 1 fully saturated rings. The van der Waals surface area contributed by atoms with Crippen LogP contribution in [0.2, 0.25) is 5.28 Å². The van der Waals surface area contributed by atoms with Gasteiger partial charge in [0.2, 0.25) is 11.1 Å². The monoisotopic (exact) mass is 328 g/mol. The minimum atomic E-state index is -0.798. The molecule has 8 nitrogen and oxygen atoms in total. The fourth-order valence-electron chi connectivity index (χ4n) is 2.34. The van der Waals surface area contributed by atoms with Gasteiger partial charge in [0.15, 0.2) is 0 Å². The van der Waals surface area contributed by atoms with Gasteiger partial charge in [0.1, 0.15) is 17.5 Å². The molecule has 2 rings (SSSR count). The Morgan fingerprint density at radius 2 is 2.41 bits per heavy atom. The van der Waals surface area contributed by atoms with Crippen molar-refractivity contribution in [3.8, 4) is 0 Å². The molecule has 1 aromatic heterocycles. The fraction of sp³-hybridized carbons (Fsp3) is 0.538. The molecule has 1 aliphatic heterocycles. The quantitative estimate of drug-likeness (QED) is 0.383. The van der Waals surface area contributed by atoms with Gasteiger partial charge >= 0.3 is 5.69 Å². The van der Waals surface area contributed by atoms with Crippen molar-refractivity contribution in [2.45, 2.75) is 24.8 Å². The standard InChI is InChI=1S/C13H17ClN4O4/c1-9(21-2)13(5-3-4-6-22-8-13)17-11-10(18(19)20)7-15-12(14)16-11/h7H,1,3-6,8H2,2H3,(H,15,16,17). The first kappa shape index (κ1) is 16.4. The summed E-state index contributed by atoms with van der Waals surface area (Å²) in [5, 5.41) is 14.1. The largest absolute Gasteiger partial charge is 0.499 e. The normalized spacial score (nSPS) is 21.7. The lowest BCUT2D eigenvalue weighted by atomic mass is 9.92. The highest BCUT2D eigenvalue weighted by Crippen LogP contribution is 2.33. The van der Waals surface area contributed by atoms with Gasteiger partial charge in [-0.15, -0.1) is 0 Å². The summed E-state index contributed by atoms with van der Waals surface area (Å²) < 4.78 is 10.9. The lowest BCUT2D eigenvalue weighted by Crippen LogP contribution is -2.45. The number of hydrogen-bond donors (Lipinski definition) is 1. The van der Waals surface area contributed by atoms with E-state index in [0.717, 1.165) is 19.0 Å². The van der Waals surface area contributed by atoms with Gasteiger partial charge in [-0.05, 0) is 30.9 Å². The van der Waals surface area contributed by atoms with Crippen LogP contribution < -0.4 is 5.32 Å². The Morgan fingerprint density at radius 1 is 1.64 bits per heavy atom. The van der Waals surface area contributed by atoms with Gasteiger partial charge in [-0.3, -0.25) is 10.1 Å². The third-order valence-corrected chi connectivity index (χ3v) is 3.75. The van der Waals surface area contributed by atoms with Crippen molar-refractivity contribution in [2.75, 3.05) is 25.6 Å². The SMILES string of the molecule is C=C(OC)C1(Nc2nc(Cl)ncc2[N+](=O)[O-])CCCCOC1. The van der Waals surface area contributed by atoms with Gasteiger partial charge in [-0.1, -0.05) is 6.58 Å². The fourth-order valence-corrected chi connectivity index (χ4v) is 2.47. The zero-order valence-electron chi connectivity index (χ0n) is 12.2. The molecule has 0 amide bonds. The number of rotatable bonds is 5. The highest BCUT2D eigenvalue weighted by molar-refractivity contribution is 6.28. The van der Waals surface area contributed by atoms with E-state index >= 15 is 0 Å². The lowest BCUT2D eigenvalue weighted by Gasteiger charge is -2.34. The summed E-state index contributed by atoms with van der Waals surface area (Å²) in [5.74, 6) is 0.451. The van der Waals surface area contributed by atoms with Gasteiger partial charge in [0.05, 0.1) is 18.6 Å². The summed E-state index contributed by atoms with van der Waals surface area (Å²) in [4.78, 5) is 18.2. The van der Waals surface area contributed by atoms with Crippen LogP contribution in [0.4, 0.5) is 11.5 Å². The molecule has 1 aromatic rings. The number of anilines is 1. The number of aromatic nitrogens is 2. The number of nitrogens with one attached hydrogen (secondary N) is 1. The second kappa shape index (κ2) is 6.89. The predicted octanol–water partition coefficient (Wildman–Crippen LogP) is 2.55. The number of halogens is 1. The smallest absolute Gasteiger partial charge is 0.329 e. The molecule has 0 radical (unpaired) electrons. The Kier molecular flexibility index (Phi) is 5.15. The van der Waals surface area contributed by atoms with Crippen LogP contribution in [0, 0.1) is 10.1 Å². The molecule has 0 aliphatic carbocycles. The van der Waals surface area contributed by atoms with Gasteiger partial charge in [-0.2, -0.15) is 4.98 Å². The summed E-state index contributed by atoms with van der Waals surface area (Å²) in [5.41, 5.74) is -1.06. The van der Waals surface area contributed by atoms with Crippen LogP contribution in [-0.4, -0.2) is 40.8 Å². The molecule has 0 saturated carbocycles. The van der Waals surface area contributed by atoms with Gasteiger partial charge in [-0.25, -0.2) is 4.98 Å². The van der Waals surface area contributed by atoms with Gasteiger partial charge in [0, 0.05) is 6.61 Å². The van der Waals surface area contributed by atoms with Crippen LogP contribution in [0.5, 0.6) is 0 Å². The molecule has 1 saturated heterocycles. The van der Waals surface area contributed by atoms with Crippen LogP contribution in [-0.2, 0) is 9.47 Å². The molecule has 1 aliphatic rings. The van der Waals surface area contributed by atoms with Crippen molar-refractivity contribution < 1.29 is 14.4 Å². The van der Waals surface area contributed by atoms with E-state index in [1.807, 2.05) is 0 Å². The van der Waals surface area contributed by atoms with Crippen molar-refractivity contribution in [1.82, 2.24) is 9.97 Å². The summed E-state index contributed by atoms with van der Waals surface area (Å²) in [7, 11) is 1.50. The minimum Gasteiger partial charge on any atom is -0.499 e. The summed E-state index contributed by atoms with van der Waals surface area (Å²) in [6, 6.07) is 0. The van der Waals surface area contributed by atoms with Gasteiger partial charge < -0.3 is 14.8 Å². The number of nitrogens with zero attached hydrogens (tertiary/aromatic N) is 3. The second-order valence-electron chi connectivity index (χ2n) is 4.97. The Morgan fingerprint density at radius 3 is 3.09 bits per heavy atom.